The highest BCUT2D eigenvalue weighted by Gasteiger charge is 2.20. The van der Waals surface area contributed by atoms with E-state index in [2.05, 4.69) is 28.1 Å². The summed E-state index contributed by atoms with van der Waals surface area (Å²) in [6.07, 6.45) is 0.386. The van der Waals surface area contributed by atoms with Gasteiger partial charge in [0.25, 0.3) is 0 Å². The Labute approximate surface area is 178 Å². The SMILES string of the molecule is COc1ccc(OC)c(S[C@H](CC(=O)c2ccc(Br)cc2)c2ccccc2)c1. The molecule has 0 saturated carbocycles. The normalized spacial score (nSPS) is 11.7. The fraction of sp³-hybridized carbons (Fsp3) is 0.174. The lowest BCUT2D eigenvalue weighted by Crippen LogP contribution is -2.06. The van der Waals surface area contributed by atoms with E-state index in [4.69, 9.17) is 9.47 Å². The van der Waals surface area contributed by atoms with Crippen molar-refractivity contribution in [2.24, 2.45) is 0 Å². The fourth-order valence-corrected chi connectivity index (χ4v) is 4.40. The van der Waals surface area contributed by atoms with Crippen molar-refractivity contribution >= 4 is 33.5 Å². The number of hydrogen-bond donors (Lipinski definition) is 0. The Bertz CT molecular complexity index is 926. The van der Waals surface area contributed by atoms with Gasteiger partial charge in [0.15, 0.2) is 5.78 Å². The van der Waals surface area contributed by atoms with Crippen molar-refractivity contribution in [1.29, 1.82) is 0 Å². The van der Waals surface area contributed by atoms with Crippen LogP contribution >= 0.6 is 27.7 Å². The van der Waals surface area contributed by atoms with E-state index in [9.17, 15) is 4.79 Å². The van der Waals surface area contributed by atoms with Crippen molar-refractivity contribution in [1.82, 2.24) is 0 Å². The molecule has 0 spiro atoms. The van der Waals surface area contributed by atoms with Gasteiger partial charge in [0.1, 0.15) is 11.5 Å². The maximum atomic E-state index is 12.9. The van der Waals surface area contributed by atoms with Crippen LogP contribution in [0.3, 0.4) is 0 Å². The average molecular weight is 457 g/mol. The van der Waals surface area contributed by atoms with Crippen LogP contribution in [0.4, 0.5) is 0 Å². The third-order valence-electron chi connectivity index (χ3n) is 4.35. The summed E-state index contributed by atoms with van der Waals surface area (Å²) in [5.74, 6) is 1.63. The van der Waals surface area contributed by atoms with Crippen LogP contribution in [0, 0.1) is 0 Å². The minimum atomic E-state index is -0.0432. The molecule has 3 aromatic rings. The van der Waals surface area contributed by atoms with Crippen LogP contribution in [0.1, 0.15) is 27.6 Å². The molecule has 3 nitrogen and oxygen atoms in total. The predicted molar refractivity (Wildman–Crippen MR) is 118 cm³/mol. The Morgan fingerprint density at radius 1 is 0.964 bits per heavy atom. The molecule has 3 rings (SSSR count). The van der Waals surface area contributed by atoms with E-state index in [0.29, 0.717) is 12.0 Å². The van der Waals surface area contributed by atoms with Crippen molar-refractivity contribution in [2.45, 2.75) is 16.6 Å². The van der Waals surface area contributed by atoms with Gasteiger partial charge in [0.05, 0.1) is 19.1 Å². The summed E-state index contributed by atoms with van der Waals surface area (Å²) in [5, 5.41) is -0.0432. The number of Topliss-reactive ketones (excluding diaryl/α,β-unsaturated/α-hetero) is 1. The Morgan fingerprint density at radius 3 is 2.32 bits per heavy atom. The second kappa shape index (κ2) is 9.80. The summed E-state index contributed by atoms with van der Waals surface area (Å²) in [5.41, 5.74) is 1.81. The van der Waals surface area contributed by atoms with Crippen molar-refractivity contribution in [3.63, 3.8) is 0 Å². The zero-order valence-electron chi connectivity index (χ0n) is 15.7. The van der Waals surface area contributed by atoms with Gasteiger partial charge in [-0.15, -0.1) is 11.8 Å². The number of ether oxygens (including phenoxy) is 2. The van der Waals surface area contributed by atoms with Crippen LogP contribution in [-0.2, 0) is 0 Å². The highest BCUT2D eigenvalue weighted by Crippen LogP contribution is 2.43. The first-order chi connectivity index (χ1) is 13.6. The van der Waals surface area contributed by atoms with E-state index in [1.807, 2.05) is 60.7 Å². The van der Waals surface area contributed by atoms with Gasteiger partial charge in [-0.05, 0) is 35.9 Å². The topological polar surface area (TPSA) is 35.5 Å². The number of halogens is 1. The summed E-state index contributed by atoms with van der Waals surface area (Å²) >= 11 is 5.03. The number of benzene rings is 3. The van der Waals surface area contributed by atoms with Gasteiger partial charge < -0.3 is 9.47 Å². The molecule has 0 amide bonds. The third kappa shape index (κ3) is 5.18. The molecule has 0 bridgehead atoms. The number of thioether (sulfide) groups is 1. The molecule has 0 unspecified atom stereocenters. The molecule has 1 atom stereocenters. The quantitative estimate of drug-likeness (QED) is 0.283. The molecule has 144 valence electrons. The van der Waals surface area contributed by atoms with Crippen LogP contribution in [0.25, 0.3) is 0 Å². The number of carbonyl (C=O) groups is 1. The van der Waals surface area contributed by atoms with Gasteiger partial charge in [-0.25, -0.2) is 0 Å². The van der Waals surface area contributed by atoms with Crippen molar-refractivity contribution in [2.75, 3.05) is 14.2 Å². The van der Waals surface area contributed by atoms with Crippen LogP contribution in [0.5, 0.6) is 11.5 Å². The molecule has 0 heterocycles. The summed E-state index contributed by atoms with van der Waals surface area (Å²) in [6.45, 7) is 0. The highest BCUT2D eigenvalue weighted by molar-refractivity contribution is 9.10. The Hall–Kier alpha value is -2.24. The minimum absolute atomic E-state index is 0.0432. The maximum absolute atomic E-state index is 12.9. The number of methoxy groups -OCH3 is 2. The second-order valence-corrected chi connectivity index (χ2v) is 8.33. The van der Waals surface area contributed by atoms with Crippen molar-refractivity contribution in [3.05, 3.63) is 88.4 Å². The van der Waals surface area contributed by atoms with Gasteiger partial charge in [0.2, 0.25) is 0 Å². The van der Waals surface area contributed by atoms with Crippen LogP contribution in [-0.4, -0.2) is 20.0 Å². The van der Waals surface area contributed by atoms with Crippen LogP contribution in [0.2, 0.25) is 0 Å². The van der Waals surface area contributed by atoms with Gasteiger partial charge in [0, 0.05) is 21.7 Å². The zero-order chi connectivity index (χ0) is 19.9. The van der Waals surface area contributed by atoms with E-state index in [1.165, 1.54) is 0 Å². The van der Waals surface area contributed by atoms with E-state index in [1.54, 1.807) is 26.0 Å². The smallest absolute Gasteiger partial charge is 0.164 e. The highest BCUT2D eigenvalue weighted by atomic mass is 79.9. The van der Waals surface area contributed by atoms with Gasteiger partial charge in [-0.1, -0.05) is 58.4 Å². The molecule has 0 aliphatic rings. The van der Waals surface area contributed by atoms with Gasteiger partial charge >= 0.3 is 0 Å². The molecule has 0 saturated heterocycles. The molecule has 0 radical (unpaired) electrons. The van der Waals surface area contributed by atoms with Crippen LogP contribution < -0.4 is 9.47 Å². The van der Waals surface area contributed by atoms with Crippen LogP contribution in [0.15, 0.2) is 82.2 Å². The Morgan fingerprint density at radius 2 is 1.68 bits per heavy atom. The molecule has 3 aromatic carbocycles. The number of hydrogen-bond acceptors (Lipinski definition) is 4. The molecular weight excluding hydrogens is 436 g/mol. The average Bonchev–Trinajstić information content (AvgIpc) is 2.74. The molecule has 0 aromatic heterocycles. The van der Waals surface area contributed by atoms with E-state index >= 15 is 0 Å². The lowest BCUT2D eigenvalue weighted by molar-refractivity contribution is 0.0982. The van der Waals surface area contributed by atoms with Crippen molar-refractivity contribution in [3.8, 4) is 11.5 Å². The first-order valence-electron chi connectivity index (χ1n) is 8.83. The summed E-state index contributed by atoms with van der Waals surface area (Å²) < 4.78 is 11.8. The fourth-order valence-electron chi connectivity index (χ4n) is 2.85. The lowest BCUT2D eigenvalue weighted by Gasteiger charge is -2.19. The van der Waals surface area contributed by atoms with Crippen molar-refractivity contribution < 1.29 is 14.3 Å². The second-order valence-electron chi connectivity index (χ2n) is 6.17. The molecule has 0 N–H and O–H groups in total. The first-order valence-corrected chi connectivity index (χ1v) is 10.5. The summed E-state index contributed by atoms with van der Waals surface area (Å²) in [6, 6.07) is 23.3. The molecule has 28 heavy (non-hydrogen) atoms. The third-order valence-corrected chi connectivity index (χ3v) is 6.17. The zero-order valence-corrected chi connectivity index (χ0v) is 18.1. The molecule has 0 fully saturated rings. The Balaban J connectivity index is 1.90. The Kier molecular flexibility index (Phi) is 7.18. The van der Waals surface area contributed by atoms with E-state index in [-0.39, 0.29) is 11.0 Å². The number of carbonyl (C=O) groups excluding carboxylic acids is 1. The molecular formula is C23H21BrO3S. The maximum Gasteiger partial charge on any atom is 0.164 e. The number of ketones is 1. The largest absolute Gasteiger partial charge is 0.497 e. The van der Waals surface area contributed by atoms with Gasteiger partial charge in [-0.2, -0.15) is 0 Å². The lowest BCUT2D eigenvalue weighted by atomic mass is 10.0. The summed E-state index contributed by atoms with van der Waals surface area (Å²) in [4.78, 5) is 13.9. The molecule has 5 heteroatoms. The predicted octanol–water partition coefficient (Wildman–Crippen LogP) is 6.57. The standard InChI is InChI=1S/C23H21BrO3S/c1-26-19-12-13-21(27-2)23(14-19)28-22(17-6-4-3-5-7-17)15-20(25)16-8-10-18(24)11-9-16/h3-14,22H,15H2,1-2H3/t22-/m1/s1. The molecule has 0 aliphatic heterocycles. The monoisotopic (exact) mass is 456 g/mol. The summed E-state index contributed by atoms with van der Waals surface area (Å²) in [7, 11) is 3.29. The van der Waals surface area contributed by atoms with E-state index < -0.39 is 0 Å². The van der Waals surface area contributed by atoms with Gasteiger partial charge in [-0.3, -0.25) is 4.79 Å². The first kappa shape index (κ1) is 20.5. The molecule has 0 aliphatic carbocycles. The number of rotatable bonds is 8. The minimum Gasteiger partial charge on any atom is -0.497 e. The van der Waals surface area contributed by atoms with E-state index in [0.717, 1.165) is 26.4 Å².